The monoisotopic (exact) mass is 296 g/mol. The van der Waals surface area contributed by atoms with Crippen molar-refractivity contribution in [1.82, 2.24) is 4.98 Å². The van der Waals surface area contributed by atoms with Crippen LogP contribution in [0.25, 0.3) is 0 Å². The summed E-state index contributed by atoms with van der Waals surface area (Å²) in [5.74, 6) is 0.532. The number of ether oxygens (including phenoxy) is 1. The Hall–Kier alpha value is -1.10. The summed E-state index contributed by atoms with van der Waals surface area (Å²) in [6, 6.07) is 0.539. The molecule has 2 rings (SSSR count). The first-order chi connectivity index (χ1) is 9.69. The summed E-state index contributed by atoms with van der Waals surface area (Å²) in [6.45, 7) is 2.33. The van der Waals surface area contributed by atoms with E-state index >= 15 is 0 Å². The van der Waals surface area contributed by atoms with Crippen LogP contribution in [0.3, 0.4) is 0 Å². The molecule has 1 aromatic rings. The van der Waals surface area contributed by atoms with Gasteiger partial charge in [0.2, 0.25) is 0 Å². The summed E-state index contributed by atoms with van der Waals surface area (Å²) in [7, 11) is 1.42. The van der Waals surface area contributed by atoms with Gasteiger partial charge in [0.05, 0.1) is 19.2 Å². The number of methoxy groups -OCH3 is 1. The van der Waals surface area contributed by atoms with Crippen molar-refractivity contribution in [3.8, 4) is 0 Å². The van der Waals surface area contributed by atoms with E-state index in [4.69, 9.17) is 0 Å². The van der Waals surface area contributed by atoms with Crippen molar-refractivity contribution < 1.29 is 9.53 Å². The number of esters is 1. The Morgan fingerprint density at radius 2 is 2.25 bits per heavy atom. The second kappa shape index (κ2) is 7.62. The van der Waals surface area contributed by atoms with E-state index in [0.29, 0.717) is 24.8 Å². The lowest BCUT2D eigenvalue weighted by atomic mass is 9.97. The fourth-order valence-electron chi connectivity index (χ4n) is 2.69. The van der Waals surface area contributed by atoms with Gasteiger partial charge in [-0.3, -0.25) is 4.79 Å². The Morgan fingerprint density at radius 1 is 1.45 bits per heavy atom. The van der Waals surface area contributed by atoms with Crippen molar-refractivity contribution >= 4 is 22.4 Å². The van der Waals surface area contributed by atoms with Gasteiger partial charge in [0.15, 0.2) is 5.13 Å². The average Bonchev–Trinajstić information content (AvgIpc) is 2.80. The second-order valence-electron chi connectivity index (χ2n) is 5.59. The van der Waals surface area contributed by atoms with Crippen molar-refractivity contribution in [2.24, 2.45) is 5.92 Å². The summed E-state index contributed by atoms with van der Waals surface area (Å²) >= 11 is 1.64. The van der Waals surface area contributed by atoms with Crippen LogP contribution < -0.4 is 5.32 Å². The third-order valence-electron chi connectivity index (χ3n) is 4.04. The average molecular weight is 296 g/mol. The summed E-state index contributed by atoms with van der Waals surface area (Å²) in [5.41, 5.74) is 0.976. The van der Waals surface area contributed by atoms with Gasteiger partial charge < -0.3 is 10.1 Å². The highest BCUT2D eigenvalue weighted by Gasteiger charge is 2.20. The minimum atomic E-state index is -0.176. The van der Waals surface area contributed by atoms with Crippen molar-refractivity contribution in [1.29, 1.82) is 0 Å². The predicted octanol–water partition coefficient (Wildman–Crippen LogP) is 3.63. The Balaban J connectivity index is 1.86. The molecule has 4 nitrogen and oxygen atoms in total. The second-order valence-corrected chi connectivity index (χ2v) is 6.44. The van der Waals surface area contributed by atoms with Gasteiger partial charge >= 0.3 is 5.97 Å². The molecular weight excluding hydrogens is 272 g/mol. The molecule has 1 saturated carbocycles. The molecule has 2 atom stereocenters. The standard InChI is InChI=1S/C15H24N2O2S/c1-11-6-4-3-5-7-13(11)17-15-16-12(10-20-15)8-9-14(18)19-2/h10-11,13H,3-9H2,1-2H3,(H,16,17). The maximum atomic E-state index is 11.1. The van der Waals surface area contributed by atoms with Crippen LogP contribution >= 0.6 is 11.3 Å². The number of aryl methyl sites for hydroxylation is 1. The Kier molecular flexibility index (Phi) is 5.83. The van der Waals surface area contributed by atoms with Crippen molar-refractivity contribution in [3.05, 3.63) is 11.1 Å². The zero-order valence-corrected chi connectivity index (χ0v) is 13.2. The number of anilines is 1. The number of thiazole rings is 1. The number of nitrogens with zero attached hydrogens (tertiary/aromatic N) is 1. The highest BCUT2D eigenvalue weighted by Crippen LogP contribution is 2.27. The van der Waals surface area contributed by atoms with Crippen LogP contribution in [0.15, 0.2) is 5.38 Å². The molecule has 1 aromatic heterocycles. The highest BCUT2D eigenvalue weighted by atomic mass is 32.1. The van der Waals surface area contributed by atoms with E-state index in [-0.39, 0.29) is 5.97 Å². The van der Waals surface area contributed by atoms with Gasteiger partial charge in [-0.05, 0) is 18.8 Å². The molecule has 1 aliphatic carbocycles. The summed E-state index contributed by atoms with van der Waals surface area (Å²) < 4.78 is 4.65. The quantitative estimate of drug-likeness (QED) is 0.666. The van der Waals surface area contributed by atoms with Crippen molar-refractivity contribution in [2.75, 3.05) is 12.4 Å². The molecule has 1 N–H and O–H groups in total. The normalized spacial score (nSPS) is 23.1. The summed E-state index contributed by atoms with van der Waals surface area (Å²) in [4.78, 5) is 15.7. The lowest BCUT2D eigenvalue weighted by Crippen LogP contribution is -2.26. The molecule has 0 aromatic carbocycles. The maximum absolute atomic E-state index is 11.1. The first kappa shape index (κ1) is 15.3. The topological polar surface area (TPSA) is 51.2 Å². The fourth-order valence-corrected chi connectivity index (χ4v) is 3.49. The van der Waals surface area contributed by atoms with Crippen LogP contribution in [-0.2, 0) is 16.0 Å². The summed E-state index contributed by atoms with van der Waals surface area (Å²) in [6.07, 6.45) is 7.61. The van der Waals surface area contributed by atoms with Crippen molar-refractivity contribution in [3.63, 3.8) is 0 Å². The molecule has 0 amide bonds. The molecule has 112 valence electrons. The molecule has 0 radical (unpaired) electrons. The first-order valence-electron chi connectivity index (χ1n) is 7.47. The molecule has 1 aliphatic rings. The van der Waals surface area contributed by atoms with E-state index in [1.807, 2.05) is 5.38 Å². The number of carbonyl (C=O) groups is 1. The Bertz CT molecular complexity index is 433. The van der Waals surface area contributed by atoms with E-state index in [1.165, 1.54) is 39.2 Å². The van der Waals surface area contributed by atoms with Gasteiger partial charge in [-0.15, -0.1) is 11.3 Å². The smallest absolute Gasteiger partial charge is 0.305 e. The van der Waals surface area contributed by atoms with Gasteiger partial charge in [-0.1, -0.05) is 26.2 Å². The molecule has 0 aliphatic heterocycles. The molecule has 5 heteroatoms. The molecule has 2 unspecified atom stereocenters. The van der Waals surface area contributed by atoms with Gasteiger partial charge in [-0.25, -0.2) is 4.98 Å². The SMILES string of the molecule is COC(=O)CCc1csc(NC2CCCCCC2C)n1. The van der Waals surface area contributed by atoms with Crippen molar-refractivity contribution in [2.45, 2.75) is 57.9 Å². The molecule has 20 heavy (non-hydrogen) atoms. The number of aromatic nitrogens is 1. The zero-order valence-electron chi connectivity index (χ0n) is 12.4. The van der Waals surface area contributed by atoms with Crippen LogP contribution in [0, 0.1) is 5.92 Å². The third kappa shape index (κ3) is 4.47. The van der Waals surface area contributed by atoms with Gasteiger partial charge in [0.25, 0.3) is 0 Å². The van der Waals surface area contributed by atoms with Gasteiger partial charge in [-0.2, -0.15) is 0 Å². The first-order valence-corrected chi connectivity index (χ1v) is 8.34. The predicted molar refractivity (Wildman–Crippen MR) is 82.1 cm³/mol. The largest absolute Gasteiger partial charge is 0.469 e. The molecule has 1 heterocycles. The van der Waals surface area contributed by atoms with Crippen LogP contribution in [0.1, 0.15) is 51.1 Å². The summed E-state index contributed by atoms with van der Waals surface area (Å²) in [5, 5.41) is 6.61. The molecule has 0 saturated heterocycles. The Labute approximate surface area is 124 Å². The van der Waals surface area contributed by atoms with Crippen LogP contribution in [0.5, 0.6) is 0 Å². The lowest BCUT2D eigenvalue weighted by Gasteiger charge is -2.22. The number of rotatable bonds is 5. The van der Waals surface area contributed by atoms with E-state index in [2.05, 4.69) is 22.0 Å². The molecule has 0 bridgehead atoms. The maximum Gasteiger partial charge on any atom is 0.305 e. The van der Waals surface area contributed by atoms with Crippen LogP contribution in [-0.4, -0.2) is 24.1 Å². The third-order valence-corrected chi connectivity index (χ3v) is 4.86. The van der Waals surface area contributed by atoms with E-state index in [9.17, 15) is 4.79 Å². The fraction of sp³-hybridized carbons (Fsp3) is 0.733. The molecular formula is C15H24N2O2S. The zero-order chi connectivity index (χ0) is 14.4. The van der Waals surface area contributed by atoms with E-state index in [0.717, 1.165) is 10.8 Å². The molecule has 0 spiro atoms. The highest BCUT2D eigenvalue weighted by molar-refractivity contribution is 7.13. The number of hydrogen-bond donors (Lipinski definition) is 1. The minimum Gasteiger partial charge on any atom is -0.469 e. The van der Waals surface area contributed by atoms with E-state index < -0.39 is 0 Å². The Morgan fingerprint density at radius 3 is 3.05 bits per heavy atom. The number of carbonyl (C=O) groups excluding carboxylic acids is 1. The van der Waals surface area contributed by atoms with Gasteiger partial charge in [0, 0.05) is 17.8 Å². The van der Waals surface area contributed by atoms with Gasteiger partial charge in [0.1, 0.15) is 0 Å². The van der Waals surface area contributed by atoms with Crippen LogP contribution in [0.4, 0.5) is 5.13 Å². The van der Waals surface area contributed by atoms with Crippen LogP contribution in [0.2, 0.25) is 0 Å². The number of hydrogen-bond acceptors (Lipinski definition) is 5. The lowest BCUT2D eigenvalue weighted by molar-refractivity contribution is -0.140. The minimum absolute atomic E-state index is 0.176. The number of nitrogens with one attached hydrogen (secondary N) is 1. The molecule has 1 fully saturated rings. The van der Waals surface area contributed by atoms with E-state index in [1.54, 1.807) is 11.3 Å².